The van der Waals surface area contributed by atoms with Crippen LogP contribution in [0.5, 0.6) is 0 Å². The highest BCUT2D eigenvalue weighted by Gasteiger charge is 2.41. The van der Waals surface area contributed by atoms with Gasteiger partial charge < -0.3 is 26.8 Å². The molecule has 0 spiro atoms. The fourth-order valence-electron chi connectivity index (χ4n) is 2.21. The van der Waals surface area contributed by atoms with E-state index in [1.165, 1.54) is 6.92 Å². The first-order valence-corrected chi connectivity index (χ1v) is 9.56. The van der Waals surface area contributed by atoms with Gasteiger partial charge in [0.15, 0.2) is 12.5 Å². The maximum Gasteiger partial charge on any atom is 0.340 e. The van der Waals surface area contributed by atoms with Crippen LogP contribution in [0, 0.1) is 5.92 Å². The van der Waals surface area contributed by atoms with Crippen molar-refractivity contribution in [2.24, 2.45) is 17.4 Å². The van der Waals surface area contributed by atoms with Crippen molar-refractivity contribution in [3.8, 4) is 0 Å². The summed E-state index contributed by atoms with van der Waals surface area (Å²) in [6.07, 6.45) is -1.16. The summed E-state index contributed by atoms with van der Waals surface area (Å²) in [5.74, 6) is -4.42. The van der Waals surface area contributed by atoms with Gasteiger partial charge in [-0.3, -0.25) is 4.79 Å². The van der Waals surface area contributed by atoms with Gasteiger partial charge in [-0.15, -0.1) is 0 Å². The highest BCUT2D eigenvalue weighted by molar-refractivity contribution is 5.93. The van der Waals surface area contributed by atoms with Crippen molar-refractivity contribution in [3.05, 3.63) is 47.1 Å². The molecule has 0 saturated carbocycles. The number of allylic oxidation sites excluding steroid dienone is 2. The summed E-state index contributed by atoms with van der Waals surface area (Å²) in [5.41, 5.74) is 11.8. The standard InChI is InChI=1S/C20H29F4N5O2/c1-11(2)9-28-16-8-14(5-6-27-16)13(4)29-18(30)15(25)7-12(3)17(26)31-10-20(23,24)19(21)22/h5-8,11,13,19H,9-10,25-26H2,1-4H3,(H,27,28)(H,29,30)/b15-7-,17-12+. The molecule has 0 saturated heterocycles. The van der Waals surface area contributed by atoms with Crippen molar-refractivity contribution < 1.29 is 27.1 Å². The van der Waals surface area contributed by atoms with Gasteiger partial charge in [-0.2, -0.15) is 8.78 Å². The summed E-state index contributed by atoms with van der Waals surface area (Å²) in [6, 6.07) is 3.13. The second-order valence-electron chi connectivity index (χ2n) is 7.44. The Hall–Kier alpha value is -2.98. The number of nitrogens with two attached hydrogens (primary N) is 2. The number of nitrogens with zero attached hydrogens (tertiary/aromatic N) is 1. The van der Waals surface area contributed by atoms with Crippen LogP contribution in [0.15, 0.2) is 41.6 Å². The van der Waals surface area contributed by atoms with Crippen LogP contribution in [0.4, 0.5) is 23.4 Å². The minimum absolute atomic E-state index is 0.0365. The van der Waals surface area contributed by atoms with Crippen LogP contribution in [0.3, 0.4) is 0 Å². The van der Waals surface area contributed by atoms with E-state index in [1.54, 1.807) is 25.3 Å². The molecule has 1 aromatic heterocycles. The van der Waals surface area contributed by atoms with Gasteiger partial charge in [0.25, 0.3) is 5.91 Å². The Balaban J connectivity index is 2.77. The summed E-state index contributed by atoms with van der Waals surface area (Å²) >= 11 is 0. The molecule has 31 heavy (non-hydrogen) atoms. The summed E-state index contributed by atoms with van der Waals surface area (Å²) in [7, 11) is 0. The monoisotopic (exact) mass is 447 g/mol. The summed E-state index contributed by atoms with van der Waals surface area (Å²) in [5, 5.41) is 5.88. The molecule has 0 aromatic carbocycles. The predicted molar refractivity (Wildman–Crippen MR) is 110 cm³/mol. The number of carbonyl (C=O) groups excluding carboxylic acids is 1. The number of halogens is 4. The largest absolute Gasteiger partial charge is 0.473 e. The highest BCUT2D eigenvalue weighted by Crippen LogP contribution is 2.24. The van der Waals surface area contributed by atoms with E-state index in [1.807, 2.05) is 0 Å². The number of rotatable bonds is 11. The zero-order valence-corrected chi connectivity index (χ0v) is 17.9. The second kappa shape index (κ2) is 11.4. The molecule has 11 heteroatoms. The molecule has 1 aromatic rings. The number of aromatic nitrogens is 1. The predicted octanol–water partition coefficient (Wildman–Crippen LogP) is 3.28. The van der Waals surface area contributed by atoms with Gasteiger partial charge in [-0.25, -0.2) is 13.8 Å². The zero-order valence-electron chi connectivity index (χ0n) is 17.9. The van der Waals surface area contributed by atoms with Crippen LogP contribution >= 0.6 is 0 Å². The van der Waals surface area contributed by atoms with Crippen LogP contribution in [-0.4, -0.2) is 36.4 Å². The number of amides is 1. The smallest absolute Gasteiger partial charge is 0.340 e. The maximum atomic E-state index is 12.9. The van der Waals surface area contributed by atoms with Crippen LogP contribution in [0.25, 0.3) is 0 Å². The molecule has 0 radical (unpaired) electrons. The molecule has 0 fully saturated rings. The third-order valence-electron chi connectivity index (χ3n) is 4.09. The summed E-state index contributed by atoms with van der Waals surface area (Å²) in [4.78, 5) is 16.6. The van der Waals surface area contributed by atoms with Crippen LogP contribution < -0.4 is 22.1 Å². The molecule has 174 valence electrons. The number of hydrogen-bond donors (Lipinski definition) is 4. The molecule has 0 bridgehead atoms. The molecule has 1 heterocycles. The van der Waals surface area contributed by atoms with Crippen molar-refractivity contribution in [2.45, 2.75) is 46.1 Å². The molecule has 7 nitrogen and oxygen atoms in total. The number of ether oxygens (including phenoxy) is 1. The first-order chi connectivity index (χ1) is 14.3. The van der Waals surface area contributed by atoms with Crippen LogP contribution in [0.1, 0.15) is 39.3 Å². The zero-order chi connectivity index (χ0) is 23.8. The highest BCUT2D eigenvalue weighted by atomic mass is 19.3. The lowest BCUT2D eigenvalue weighted by Gasteiger charge is -2.17. The van der Waals surface area contributed by atoms with E-state index in [0.717, 1.165) is 18.2 Å². The summed E-state index contributed by atoms with van der Waals surface area (Å²) < 4.78 is 54.7. The van der Waals surface area contributed by atoms with Gasteiger partial charge in [0.05, 0.1) is 11.7 Å². The van der Waals surface area contributed by atoms with Crippen LogP contribution in [-0.2, 0) is 9.53 Å². The lowest BCUT2D eigenvalue weighted by atomic mass is 10.1. The van der Waals surface area contributed by atoms with E-state index in [0.29, 0.717) is 11.7 Å². The van der Waals surface area contributed by atoms with Gasteiger partial charge in [-0.05, 0) is 43.5 Å². The van der Waals surface area contributed by atoms with E-state index >= 15 is 0 Å². The molecule has 0 aliphatic heterocycles. The van der Waals surface area contributed by atoms with Crippen molar-refractivity contribution >= 4 is 11.7 Å². The lowest BCUT2D eigenvalue weighted by molar-refractivity contribution is -0.158. The van der Waals surface area contributed by atoms with Crippen LogP contribution in [0.2, 0.25) is 0 Å². The Bertz CT molecular complexity index is 813. The number of alkyl halides is 4. The summed E-state index contributed by atoms with van der Waals surface area (Å²) in [6.45, 7) is 6.36. The number of hydrogen-bond acceptors (Lipinski definition) is 6. The van der Waals surface area contributed by atoms with E-state index in [4.69, 9.17) is 11.5 Å². The third-order valence-corrected chi connectivity index (χ3v) is 4.09. The fraction of sp³-hybridized carbons (Fsp3) is 0.500. The van der Waals surface area contributed by atoms with Crippen molar-refractivity contribution in [1.29, 1.82) is 0 Å². The minimum atomic E-state index is -4.35. The Morgan fingerprint density at radius 1 is 1.29 bits per heavy atom. The number of nitrogens with one attached hydrogen (secondary N) is 2. The second-order valence-corrected chi connectivity index (χ2v) is 7.44. The first kappa shape index (κ1) is 26.1. The lowest BCUT2D eigenvalue weighted by Crippen LogP contribution is -2.33. The molecule has 0 aliphatic carbocycles. The van der Waals surface area contributed by atoms with Crippen molar-refractivity contribution in [1.82, 2.24) is 10.3 Å². The Morgan fingerprint density at radius 3 is 2.52 bits per heavy atom. The van der Waals surface area contributed by atoms with E-state index < -0.39 is 36.8 Å². The minimum Gasteiger partial charge on any atom is -0.473 e. The average molecular weight is 447 g/mol. The van der Waals surface area contributed by atoms with E-state index in [9.17, 15) is 22.4 Å². The number of carbonyl (C=O) groups is 1. The van der Waals surface area contributed by atoms with Gasteiger partial charge in [-0.1, -0.05) is 13.8 Å². The van der Waals surface area contributed by atoms with E-state index in [-0.39, 0.29) is 11.3 Å². The molecule has 6 N–H and O–H groups in total. The number of anilines is 1. The van der Waals surface area contributed by atoms with Gasteiger partial charge in [0.2, 0.25) is 0 Å². The Labute approximate surface area is 178 Å². The van der Waals surface area contributed by atoms with Crippen molar-refractivity contribution in [3.63, 3.8) is 0 Å². The molecule has 1 unspecified atom stereocenters. The maximum absolute atomic E-state index is 12.9. The van der Waals surface area contributed by atoms with Crippen molar-refractivity contribution in [2.75, 3.05) is 18.5 Å². The number of pyridine rings is 1. The third kappa shape index (κ3) is 8.73. The Morgan fingerprint density at radius 2 is 1.94 bits per heavy atom. The topological polar surface area (TPSA) is 115 Å². The normalized spacial score (nSPS) is 14.3. The molecule has 1 rings (SSSR count). The molecular formula is C20H29F4N5O2. The molecule has 1 atom stereocenters. The van der Waals surface area contributed by atoms with Gasteiger partial charge >= 0.3 is 12.3 Å². The quantitative estimate of drug-likeness (QED) is 0.179. The fourth-order valence-corrected chi connectivity index (χ4v) is 2.21. The van der Waals surface area contributed by atoms with E-state index in [2.05, 4.69) is 34.2 Å². The molecule has 0 aliphatic rings. The molecular weight excluding hydrogens is 418 g/mol. The molecule has 1 amide bonds. The Kier molecular flexibility index (Phi) is 9.60. The first-order valence-electron chi connectivity index (χ1n) is 9.56. The van der Waals surface area contributed by atoms with Gasteiger partial charge in [0.1, 0.15) is 5.82 Å². The van der Waals surface area contributed by atoms with Gasteiger partial charge in [0, 0.05) is 18.3 Å². The average Bonchev–Trinajstić information content (AvgIpc) is 2.70. The SMILES string of the molecule is CC(/C=C(\N)C(=O)NC(C)c1ccnc(NCC(C)C)c1)=C(/N)OCC(F)(F)C(F)F.